The van der Waals surface area contributed by atoms with E-state index in [4.69, 9.17) is 22.2 Å². The van der Waals surface area contributed by atoms with Crippen molar-refractivity contribution in [2.45, 2.75) is 18.9 Å². The molecule has 3 N–H and O–H groups in total. The predicted molar refractivity (Wildman–Crippen MR) is 72.5 cm³/mol. The molecule has 3 nitrogen and oxygen atoms in total. The molecule has 1 atom stereocenters. The molecule has 0 fully saturated rings. The highest BCUT2D eigenvalue weighted by molar-refractivity contribution is 9.10. The summed E-state index contributed by atoms with van der Waals surface area (Å²) < 4.78 is 6.29. The zero-order valence-corrected chi connectivity index (χ0v) is 11.6. The summed E-state index contributed by atoms with van der Waals surface area (Å²) in [6, 6.07) is 5.72. The highest BCUT2D eigenvalue weighted by Gasteiger charge is 2.18. The normalized spacial score (nSPS) is 17.2. The average Bonchev–Trinajstić information content (AvgIpc) is 2.30. The predicted octanol–water partition coefficient (Wildman–Crippen LogP) is 3.30. The van der Waals surface area contributed by atoms with Gasteiger partial charge in [-0.1, -0.05) is 27.5 Å². The van der Waals surface area contributed by atoms with Crippen LogP contribution in [0.25, 0.3) is 0 Å². The molecular formula is C12H14BrClN2O. The van der Waals surface area contributed by atoms with E-state index in [9.17, 15) is 0 Å². The van der Waals surface area contributed by atoms with Crippen molar-refractivity contribution in [2.75, 3.05) is 6.61 Å². The van der Waals surface area contributed by atoms with E-state index in [1.807, 2.05) is 18.2 Å². The fourth-order valence-corrected chi connectivity index (χ4v) is 2.84. The van der Waals surface area contributed by atoms with Crippen molar-refractivity contribution >= 4 is 27.5 Å². The van der Waals surface area contributed by atoms with Gasteiger partial charge in [0.25, 0.3) is 0 Å². The van der Waals surface area contributed by atoms with E-state index in [-0.39, 0.29) is 6.04 Å². The Bertz CT molecular complexity index is 416. The quantitative estimate of drug-likeness (QED) is 0.664. The molecule has 1 aromatic rings. The highest BCUT2D eigenvalue weighted by Crippen LogP contribution is 2.30. The fraction of sp³-hybridized carbons (Fsp3) is 0.333. The van der Waals surface area contributed by atoms with Crippen molar-refractivity contribution in [3.05, 3.63) is 45.1 Å². The molecule has 0 bridgehead atoms. The summed E-state index contributed by atoms with van der Waals surface area (Å²) >= 11 is 9.47. The Morgan fingerprint density at radius 3 is 2.82 bits per heavy atom. The second kappa shape index (κ2) is 5.87. The molecule has 0 radical (unpaired) electrons. The van der Waals surface area contributed by atoms with Crippen LogP contribution in [0.15, 0.2) is 34.5 Å². The van der Waals surface area contributed by atoms with Gasteiger partial charge in [-0.05, 0) is 42.2 Å². The zero-order valence-electron chi connectivity index (χ0n) is 9.25. The number of hydrogen-bond donors (Lipinski definition) is 2. The molecule has 2 rings (SSSR count). The summed E-state index contributed by atoms with van der Waals surface area (Å²) in [4.78, 5) is 0. The van der Waals surface area contributed by atoms with Gasteiger partial charge in [-0.25, -0.2) is 5.43 Å². The van der Waals surface area contributed by atoms with Gasteiger partial charge in [0.1, 0.15) is 0 Å². The number of nitrogens with one attached hydrogen (secondary N) is 1. The van der Waals surface area contributed by atoms with Gasteiger partial charge in [0, 0.05) is 9.50 Å². The lowest BCUT2D eigenvalue weighted by Crippen LogP contribution is -2.30. The zero-order chi connectivity index (χ0) is 12.3. The summed E-state index contributed by atoms with van der Waals surface area (Å²) in [5, 5.41) is 0.687. The van der Waals surface area contributed by atoms with E-state index >= 15 is 0 Å². The summed E-state index contributed by atoms with van der Waals surface area (Å²) in [5.41, 5.74) is 4.99. The Balaban J connectivity index is 2.31. The summed E-state index contributed by atoms with van der Waals surface area (Å²) in [5.74, 6) is 5.63. The third-order valence-corrected chi connectivity index (χ3v) is 3.39. The van der Waals surface area contributed by atoms with Gasteiger partial charge in [-0.2, -0.15) is 0 Å². The minimum absolute atomic E-state index is 0.0506. The second-order valence-corrected chi connectivity index (χ2v) is 5.32. The highest BCUT2D eigenvalue weighted by atomic mass is 79.9. The first-order valence-corrected chi connectivity index (χ1v) is 6.60. The number of ether oxygens (including phenoxy) is 1. The molecule has 1 unspecified atom stereocenters. The largest absolute Gasteiger partial charge is 0.501 e. The summed E-state index contributed by atoms with van der Waals surface area (Å²) in [6.45, 7) is 0.778. The van der Waals surface area contributed by atoms with Crippen LogP contribution < -0.4 is 11.3 Å². The van der Waals surface area contributed by atoms with E-state index in [1.165, 1.54) is 0 Å². The van der Waals surface area contributed by atoms with Gasteiger partial charge in [0.15, 0.2) is 0 Å². The number of benzene rings is 1. The van der Waals surface area contributed by atoms with Gasteiger partial charge in [0.05, 0.1) is 18.9 Å². The molecular weight excluding hydrogens is 304 g/mol. The van der Waals surface area contributed by atoms with Gasteiger partial charge >= 0.3 is 0 Å². The Kier molecular flexibility index (Phi) is 4.45. The Morgan fingerprint density at radius 2 is 2.24 bits per heavy atom. The number of hydrazine groups is 1. The van der Waals surface area contributed by atoms with Crippen LogP contribution in [0, 0.1) is 0 Å². The maximum atomic E-state index is 6.04. The number of halogens is 2. The van der Waals surface area contributed by atoms with Crippen molar-refractivity contribution in [1.82, 2.24) is 5.43 Å². The second-order valence-electron chi connectivity index (χ2n) is 3.97. The van der Waals surface area contributed by atoms with Crippen LogP contribution in [-0.2, 0) is 4.74 Å². The first-order chi connectivity index (χ1) is 8.20. The van der Waals surface area contributed by atoms with Crippen molar-refractivity contribution in [1.29, 1.82) is 0 Å². The minimum Gasteiger partial charge on any atom is -0.501 e. The molecule has 0 spiro atoms. The van der Waals surface area contributed by atoms with E-state index < -0.39 is 0 Å². The van der Waals surface area contributed by atoms with Gasteiger partial charge in [-0.3, -0.25) is 5.84 Å². The SMILES string of the molecule is NNC(C1=COCCC1)c1cc(Cl)cc(Br)c1. The molecule has 17 heavy (non-hydrogen) atoms. The van der Waals surface area contributed by atoms with Crippen molar-refractivity contribution in [2.24, 2.45) is 5.84 Å². The maximum absolute atomic E-state index is 6.04. The third kappa shape index (κ3) is 3.22. The van der Waals surface area contributed by atoms with E-state index in [0.717, 1.165) is 35.1 Å². The topological polar surface area (TPSA) is 47.3 Å². The maximum Gasteiger partial charge on any atom is 0.0876 e. The van der Waals surface area contributed by atoms with E-state index in [2.05, 4.69) is 21.4 Å². The first-order valence-electron chi connectivity index (χ1n) is 5.43. The van der Waals surface area contributed by atoms with Crippen LogP contribution in [0.5, 0.6) is 0 Å². The number of rotatable bonds is 3. The lowest BCUT2D eigenvalue weighted by molar-refractivity contribution is 0.219. The molecule has 1 aliphatic rings. The minimum atomic E-state index is -0.0506. The standard InChI is InChI=1S/C12H14BrClN2O/c13-10-4-9(5-11(14)6-10)12(16-15)8-2-1-3-17-7-8/h4-7,12,16H,1-3,15H2. The fourth-order valence-electron chi connectivity index (χ4n) is 1.96. The third-order valence-electron chi connectivity index (χ3n) is 2.72. The van der Waals surface area contributed by atoms with Crippen LogP contribution in [0.4, 0.5) is 0 Å². The molecule has 1 heterocycles. The van der Waals surface area contributed by atoms with Gasteiger partial charge < -0.3 is 4.74 Å². The molecule has 92 valence electrons. The lowest BCUT2D eigenvalue weighted by atomic mass is 9.96. The van der Waals surface area contributed by atoms with Crippen LogP contribution in [-0.4, -0.2) is 6.61 Å². The van der Waals surface area contributed by atoms with Crippen molar-refractivity contribution < 1.29 is 4.74 Å². The van der Waals surface area contributed by atoms with Crippen LogP contribution in [0.2, 0.25) is 5.02 Å². The van der Waals surface area contributed by atoms with Gasteiger partial charge in [0.2, 0.25) is 0 Å². The van der Waals surface area contributed by atoms with Gasteiger partial charge in [-0.15, -0.1) is 0 Å². The van der Waals surface area contributed by atoms with Crippen molar-refractivity contribution in [3.63, 3.8) is 0 Å². The van der Waals surface area contributed by atoms with Crippen LogP contribution >= 0.6 is 27.5 Å². The molecule has 1 aromatic carbocycles. The monoisotopic (exact) mass is 316 g/mol. The van der Waals surface area contributed by atoms with E-state index in [0.29, 0.717) is 5.02 Å². The lowest BCUT2D eigenvalue weighted by Gasteiger charge is -2.23. The van der Waals surface area contributed by atoms with E-state index in [1.54, 1.807) is 6.26 Å². The molecule has 0 aliphatic carbocycles. The molecule has 0 saturated heterocycles. The van der Waals surface area contributed by atoms with Crippen LogP contribution in [0.3, 0.4) is 0 Å². The number of nitrogens with two attached hydrogens (primary N) is 1. The molecule has 0 saturated carbocycles. The average molecular weight is 318 g/mol. The summed E-state index contributed by atoms with van der Waals surface area (Å²) in [7, 11) is 0. The molecule has 5 heteroatoms. The van der Waals surface area contributed by atoms with Crippen LogP contribution in [0.1, 0.15) is 24.4 Å². The number of hydrogen-bond acceptors (Lipinski definition) is 3. The first kappa shape index (κ1) is 12.9. The Labute approximate surface area is 114 Å². The Morgan fingerprint density at radius 1 is 1.41 bits per heavy atom. The molecule has 1 aliphatic heterocycles. The Hall–Kier alpha value is -0.550. The smallest absolute Gasteiger partial charge is 0.0876 e. The molecule has 0 amide bonds. The molecule has 0 aromatic heterocycles. The summed E-state index contributed by atoms with van der Waals surface area (Å²) in [6.07, 6.45) is 3.80. The van der Waals surface area contributed by atoms with Crippen molar-refractivity contribution in [3.8, 4) is 0 Å².